The predicted octanol–water partition coefficient (Wildman–Crippen LogP) is 3.62. The first-order valence-electron chi connectivity index (χ1n) is 5.70. The van der Waals surface area contributed by atoms with Gasteiger partial charge in [-0.3, -0.25) is 0 Å². The van der Waals surface area contributed by atoms with Gasteiger partial charge in [-0.2, -0.15) is 0 Å². The van der Waals surface area contributed by atoms with Crippen LogP contribution in [0.2, 0.25) is 0 Å². The minimum atomic E-state index is 0.304. The van der Waals surface area contributed by atoms with Gasteiger partial charge < -0.3 is 4.65 Å². The molecule has 0 heterocycles. The van der Waals surface area contributed by atoms with Gasteiger partial charge in [0, 0.05) is 6.10 Å². The quantitative estimate of drug-likeness (QED) is 0.391. The van der Waals surface area contributed by atoms with Gasteiger partial charge in [0.25, 0.3) is 8.05 Å². The van der Waals surface area contributed by atoms with Crippen molar-refractivity contribution in [2.24, 2.45) is 0 Å². The van der Waals surface area contributed by atoms with E-state index in [9.17, 15) is 0 Å². The molecule has 76 valence electrons. The van der Waals surface area contributed by atoms with Crippen molar-refractivity contribution < 1.29 is 4.65 Å². The molecule has 0 bridgehead atoms. The summed E-state index contributed by atoms with van der Waals surface area (Å²) >= 11 is 0. The van der Waals surface area contributed by atoms with Crippen LogP contribution in [0.15, 0.2) is 0 Å². The Morgan fingerprint density at radius 1 is 0.923 bits per heavy atom. The van der Waals surface area contributed by atoms with Crippen LogP contribution in [0.5, 0.6) is 0 Å². The molecule has 0 saturated heterocycles. The Balaban J connectivity index is 3.28. The van der Waals surface area contributed by atoms with Crippen molar-refractivity contribution in [1.29, 1.82) is 0 Å². The van der Waals surface area contributed by atoms with E-state index in [0.29, 0.717) is 6.10 Å². The average Bonchev–Trinajstić information content (AvgIpc) is 2.16. The maximum atomic E-state index is 5.24. The lowest BCUT2D eigenvalue weighted by atomic mass is 10.0. The van der Waals surface area contributed by atoms with Gasteiger partial charge >= 0.3 is 0 Å². The molecule has 0 saturated carbocycles. The highest BCUT2D eigenvalue weighted by molar-refractivity contribution is 5.98. The smallest absolute Gasteiger partial charge is 0.283 e. The second kappa shape index (κ2) is 10.1. The molecular formula is C11H23BO. The van der Waals surface area contributed by atoms with Gasteiger partial charge in [0.1, 0.15) is 0 Å². The van der Waals surface area contributed by atoms with Crippen LogP contribution in [0, 0.1) is 0 Å². The molecule has 0 spiro atoms. The van der Waals surface area contributed by atoms with Crippen LogP contribution in [-0.4, -0.2) is 14.2 Å². The summed E-state index contributed by atoms with van der Waals surface area (Å²) in [4.78, 5) is 0. The van der Waals surface area contributed by atoms with E-state index in [2.05, 4.69) is 13.8 Å². The SMILES string of the molecule is [B]OC(CCCCC)CCCCC. The van der Waals surface area contributed by atoms with E-state index in [1.807, 2.05) is 0 Å². The van der Waals surface area contributed by atoms with E-state index < -0.39 is 0 Å². The minimum Gasteiger partial charge on any atom is -0.445 e. The summed E-state index contributed by atoms with van der Waals surface area (Å²) in [6.45, 7) is 4.44. The van der Waals surface area contributed by atoms with E-state index in [-0.39, 0.29) is 0 Å². The Hall–Kier alpha value is 0.0249. The van der Waals surface area contributed by atoms with E-state index >= 15 is 0 Å². The largest absolute Gasteiger partial charge is 0.445 e. The number of rotatable bonds is 9. The molecule has 0 amide bonds. The number of hydrogen-bond donors (Lipinski definition) is 0. The fourth-order valence-electron chi connectivity index (χ4n) is 1.52. The molecule has 0 aliphatic carbocycles. The fraction of sp³-hybridized carbons (Fsp3) is 1.00. The Kier molecular flexibility index (Phi) is 10.1. The molecule has 0 unspecified atom stereocenters. The molecule has 0 N–H and O–H groups in total. The molecule has 0 aromatic carbocycles. The van der Waals surface area contributed by atoms with Crippen LogP contribution in [0.4, 0.5) is 0 Å². The minimum absolute atomic E-state index is 0.304. The zero-order valence-electron chi connectivity index (χ0n) is 9.22. The number of hydrogen-bond acceptors (Lipinski definition) is 1. The summed E-state index contributed by atoms with van der Waals surface area (Å²) < 4.78 is 4.94. The molecule has 0 aromatic rings. The highest BCUT2D eigenvalue weighted by atomic mass is 16.4. The Morgan fingerprint density at radius 2 is 1.38 bits per heavy atom. The average molecular weight is 182 g/mol. The number of unbranched alkanes of at least 4 members (excludes halogenated alkanes) is 4. The third-order valence-electron chi connectivity index (χ3n) is 2.45. The molecule has 0 atom stereocenters. The summed E-state index contributed by atoms with van der Waals surface area (Å²) in [6.07, 6.45) is 10.2. The normalized spacial score (nSPS) is 11.0. The van der Waals surface area contributed by atoms with Gasteiger partial charge in [0.15, 0.2) is 0 Å². The summed E-state index contributed by atoms with van der Waals surface area (Å²) in [5, 5.41) is 0. The highest BCUT2D eigenvalue weighted by Gasteiger charge is 2.04. The van der Waals surface area contributed by atoms with Crippen molar-refractivity contribution in [3.05, 3.63) is 0 Å². The molecule has 2 heteroatoms. The maximum absolute atomic E-state index is 5.24. The molecule has 0 aromatic heterocycles. The van der Waals surface area contributed by atoms with E-state index in [1.165, 1.54) is 38.5 Å². The molecule has 2 radical (unpaired) electrons. The first-order chi connectivity index (χ1) is 6.35. The second-order valence-corrected chi connectivity index (χ2v) is 3.75. The molecule has 1 nitrogen and oxygen atoms in total. The lowest BCUT2D eigenvalue weighted by Crippen LogP contribution is -2.10. The molecule has 13 heavy (non-hydrogen) atoms. The van der Waals surface area contributed by atoms with Crippen LogP contribution < -0.4 is 0 Å². The Morgan fingerprint density at radius 3 is 1.69 bits per heavy atom. The van der Waals surface area contributed by atoms with Gasteiger partial charge in [0.05, 0.1) is 0 Å². The van der Waals surface area contributed by atoms with Gasteiger partial charge in [-0.25, -0.2) is 0 Å². The summed E-state index contributed by atoms with van der Waals surface area (Å²) in [7, 11) is 5.24. The van der Waals surface area contributed by atoms with E-state index in [1.54, 1.807) is 0 Å². The topological polar surface area (TPSA) is 9.23 Å². The zero-order chi connectivity index (χ0) is 9.94. The Bertz CT molecular complexity index is 86.1. The van der Waals surface area contributed by atoms with Crippen molar-refractivity contribution in [1.82, 2.24) is 0 Å². The molecule has 0 fully saturated rings. The maximum Gasteiger partial charge on any atom is 0.283 e. The standard InChI is InChI=1S/C11H23BO/c1-3-5-7-9-11(13-12)10-8-6-4-2/h11H,3-10H2,1-2H3. The molecule has 0 aliphatic rings. The molecular weight excluding hydrogens is 159 g/mol. The first kappa shape index (κ1) is 13.0. The van der Waals surface area contributed by atoms with Crippen LogP contribution >= 0.6 is 0 Å². The molecule has 0 rings (SSSR count). The van der Waals surface area contributed by atoms with E-state index in [4.69, 9.17) is 12.7 Å². The van der Waals surface area contributed by atoms with Gasteiger partial charge in [-0.1, -0.05) is 52.4 Å². The van der Waals surface area contributed by atoms with Gasteiger partial charge in [0.2, 0.25) is 0 Å². The van der Waals surface area contributed by atoms with Crippen LogP contribution in [0.25, 0.3) is 0 Å². The first-order valence-corrected chi connectivity index (χ1v) is 5.70. The summed E-state index contributed by atoms with van der Waals surface area (Å²) in [5.41, 5.74) is 0. The molecule has 0 aliphatic heterocycles. The zero-order valence-corrected chi connectivity index (χ0v) is 9.22. The van der Waals surface area contributed by atoms with Gasteiger partial charge in [-0.15, -0.1) is 0 Å². The summed E-state index contributed by atoms with van der Waals surface area (Å²) in [6, 6.07) is 0. The summed E-state index contributed by atoms with van der Waals surface area (Å²) in [5.74, 6) is 0. The van der Waals surface area contributed by atoms with Crippen molar-refractivity contribution in [2.45, 2.75) is 71.3 Å². The lowest BCUT2D eigenvalue weighted by Gasteiger charge is -2.15. The third kappa shape index (κ3) is 8.36. The van der Waals surface area contributed by atoms with E-state index in [0.717, 1.165) is 12.8 Å². The van der Waals surface area contributed by atoms with Crippen molar-refractivity contribution in [3.8, 4) is 0 Å². The fourth-order valence-corrected chi connectivity index (χ4v) is 1.52. The second-order valence-electron chi connectivity index (χ2n) is 3.75. The third-order valence-corrected chi connectivity index (χ3v) is 2.45. The van der Waals surface area contributed by atoms with Crippen LogP contribution in [-0.2, 0) is 4.65 Å². The monoisotopic (exact) mass is 182 g/mol. The highest BCUT2D eigenvalue weighted by Crippen LogP contribution is 2.12. The van der Waals surface area contributed by atoms with Crippen molar-refractivity contribution in [3.63, 3.8) is 0 Å². The van der Waals surface area contributed by atoms with Crippen LogP contribution in [0.1, 0.15) is 65.2 Å². The van der Waals surface area contributed by atoms with Crippen LogP contribution in [0.3, 0.4) is 0 Å². The Labute approximate surface area is 84.7 Å². The van der Waals surface area contributed by atoms with Gasteiger partial charge in [-0.05, 0) is 12.8 Å². The van der Waals surface area contributed by atoms with Crippen molar-refractivity contribution in [2.75, 3.05) is 0 Å². The van der Waals surface area contributed by atoms with Crippen molar-refractivity contribution >= 4 is 8.05 Å². The predicted molar refractivity (Wildman–Crippen MR) is 58.9 cm³/mol. The lowest BCUT2D eigenvalue weighted by molar-refractivity contribution is 0.190.